The molecular formula is C15H22BrClN2O. The van der Waals surface area contributed by atoms with Crippen molar-refractivity contribution >= 4 is 39.9 Å². The van der Waals surface area contributed by atoms with Gasteiger partial charge in [-0.2, -0.15) is 0 Å². The standard InChI is InChI=1S/C15H21BrN2O.ClH/c1-10-7-13(8-11(2)15(10)16)18-14(19)9-12-3-5-17-6-4-12;/h7-8,12,17H,3-6,9H2,1-2H3,(H,18,19);1H. The first-order valence-corrected chi connectivity index (χ1v) is 7.63. The van der Waals surface area contributed by atoms with Gasteiger partial charge in [0.25, 0.3) is 0 Å². The SMILES string of the molecule is Cc1cc(NC(=O)CC2CCNCC2)cc(C)c1Br.Cl. The second kappa shape index (κ2) is 8.01. The van der Waals surface area contributed by atoms with E-state index >= 15 is 0 Å². The zero-order valence-corrected chi connectivity index (χ0v) is 14.4. The summed E-state index contributed by atoms with van der Waals surface area (Å²) in [4.78, 5) is 12.0. The van der Waals surface area contributed by atoms with Gasteiger partial charge in [0.05, 0.1) is 0 Å². The van der Waals surface area contributed by atoms with Crippen molar-refractivity contribution in [1.82, 2.24) is 5.32 Å². The van der Waals surface area contributed by atoms with Gasteiger partial charge in [-0.15, -0.1) is 12.4 Å². The van der Waals surface area contributed by atoms with Gasteiger partial charge in [0, 0.05) is 16.6 Å². The molecule has 1 aromatic carbocycles. The lowest BCUT2D eigenvalue weighted by Crippen LogP contribution is -2.30. The van der Waals surface area contributed by atoms with E-state index in [4.69, 9.17) is 0 Å². The Balaban J connectivity index is 0.00000200. The Morgan fingerprint density at radius 3 is 2.40 bits per heavy atom. The highest BCUT2D eigenvalue weighted by Crippen LogP contribution is 2.25. The van der Waals surface area contributed by atoms with E-state index in [0.29, 0.717) is 12.3 Å². The third kappa shape index (κ3) is 4.76. The number of halogens is 2. The fourth-order valence-corrected chi connectivity index (χ4v) is 2.81. The first-order chi connectivity index (χ1) is 9.06. The molecule has 0 unspecified atom stereocenters. The number of amides is 1. The highest BCUT2D eigenvalue weighted by atomic mass is 79.9. The third-order valence-electron chi connectivity index (χ3n) is 3.65. The summed E-state index contributed by atoms with van der Waals surface area (Å²) in [6.45, 7) is 6.15. The smallest absolute Gasteiger partial charge is 0.224 e. The molecule has 0 radical (unpaired) electrons. The van der Waals surface area contributed by atoms with Gasteiger partial charge in [-0.3, -0.25) is 4.79 Å². The summed E-state index contributed by atoms with van der Waals surface area (Å²) in [6, 6.07) is 4.02. The van der Waals surface area contributed by atoms with Crippen LogP contribution in [0.1, 0.15) is 30.4 Å². The van der Waals surface area contributed by atoms with E-state index in [1.54, 1.807) is 0 Å². The molecule has 0 atom stereocenters. The van der Waals surface area contributed by atoms with Gasteiger partial charge in [0.1, 0.15) is 0 Å². The topological polar surface area (TPSA) is 41.1 Å². The van der Waals surface area contributed by atoms with Crippen LogP contribution >= 0.6 is 28.3 Å². The summed E-state index contributed by atoms with van der Waals surface area (Å²) < 4.78 is 1.11. The second-order valence-corrected chi connectivity index (χ2v) is 6.16. The van der Waals surface area contributed by atoms with Crippen LogP contribution in [0.3, 0.4) is 0 Å². The average Bonchev–Trinajstić information content (AvgIpc) is 2.37. The zero-order valence-electron chi connectivity index (χ0n) is 12.0. The maximum absolute atomic E-state index is 12.0. The summed E-state index contributed by atoms with van der Waals surface area (Å²) in [5.41, 5.74) is 3.20. The molecular weight excluding hydrogens is 340 g/mol. The molecule has 2 rings (SSSR count). The lowest BCUT2D eigenvalue weighted by atomic mass is 9.94. The van der Waals surface area contributed by atoms with Crippen LogP contribution in [0.2, 0.25) is 0 Å². The number of benzene rings is 1. The summed E-state index contributed by atoms with van der Waals surface area (Å²) >= 11 is 3.54. The molecule has 3 nitrogen and oxygen atoms in total. The lowest BCUT2D eigenvalue weighted by molar-refractivity contribution is -0.117. The van der Waals surface area contributed by atoms with Crippen molar-refractivity contribution in [2.45, 2.75) is 33.1 Å². The van der Waals surface area contributed by atoms with Gasteiger partial charge < -0.3 is 10.6 Å². The second-order valence-electron chi connectivity index (χ2n) is 5.37. The van der Waals surface area contributed by atoms with Crippen LogP contribution in [-0.2, 0) is 4.79 Å². The van der Waals surface area contributed by atoms with Gasteiger partial charge in [-0.1, -0.05) is 15.9 Å². The van der Waals surface area contributed by atoms with Crippen LogP contribution in [0, 0.1) is 19.8 Å². The minimum atomic E-state index is 0. The number of rotatable bonds is 3. The maximum Gasteiger partial charge on any atom is 0.224 e. The quantitative estimate of drug-likeness (QED) is 0.859. The Labute approximate surface area is 135 Å². The third-order valence-corrected chi connectivity index (χ3v) is 4.90. The Bertz CT molecular complexity index is 450. The van der Waals surface area contributed by atoms with E-state index in [-0.39, 0.29) is 18.3 Å². The van der Waals surface area contributed by atoms with Crippen molar-refractivity contribution in [3.05, 3.63) is 27.7 Å². The monoisotopic (exact) mass is 360 g/mol. The highest BCUT2D eigenvalue weighted by molar-refractivity contribution is 9.10. The molecule has 1 aliphatic rings. The minimum absolute atomic E-state index is 0. The summed E-state index contributed by atoms with van der Waals surface area (Å²) in [5.74, 6) is 0.659. The predicted molar refractivity (Wildman–Crippen MR) is 89.7 cm³/mol. The fraction of sp³-hybridized carbons (Fsp3) is 0.533. The Kier molecular flexibility index (Phi) is 7.00. The first-order valence-electron chi connectivity index (χ1n) is 6.83. The zero-order chi connectivity index (χ0) is 13.8. The number of nitrogens with one attached hydrogen (secondary N) is 2. The molecule has 1 aliphatic heterocycles. The number of anilines is 1. The van der Waals surface area contributed by atoms with E-state index in [0.717, 1.165) is 47.2 Å². The summed E-state index contributed by atoms with van der Waals surface area (Å²) in [5, 5.41) is 6.34. The largest absolute Gasteiger partial charge is 0.326 e. The molecule has 1 aromatic rings. The van der Waals surface area contributed by atoms with Crippen LogP contribution < -0.4 is 10.6 Å². The number of aryl methyl sites for hydroxylation is 2. The van der Waals surface area contributed by atoms with E-state index in [2.05, 4.69) is 26.6 Å². The fourth-order valence-electron chi connectivity index (χ4n) is 2.58. The molecule has 0 bridgehead atoms. The molecule has 5 heteroatoms. The Hall–Kier alpha value is -0.580. The van der Waals surface area contributed by atoms with Gasteiger partial charge in [0.15, 0.2) is 0 Å². The van der Waals surface area contributed by atoms with E-state index in [1.807, 2.05) is 26.0 Å². The summed E-state index contributed by atoms with van der Waals surface area (Å²) in [7, 11) is 0. The van der Waals surface area contributed by atoms with Crippen LogP contribution in [0.5, 0.6) is 0 Å². The molecule has 0 aliphatic carbocycles. The average molecular weight is 362 g/mol. The molecule has 0 saturated carbocycles. The van der Waals surface area contributed by atoms with Gasteiger partial charge in [-0.05, 0) is 69.0 Å². The molecule has 0 aromatic heterocycles. The lowest BCUT2D eigenvalue weighted by Gasteiger charge is -2.22. The molecule has 112 valence electrons. The van der Waals surface area contributed by atoms with Crippen LogP contribution in [0.15, 0.2) is 16.6 Å². The van der Waals surface area contributed by atoms with E-state index in [1.165, 1.54) is 0 Å². The van der Waals surface area contributed by atoms with Crippen molar-refractivity contribution in [3.8, 4) is 0 Å². The Morgan fingerprint density at radius 2 is 1.85 bits per heavy atom. The molecule has 1 amide bonds. The van der Waals surface area contributed by atoms with Gasteiger partial charge in [0.2, 0.25) is 5.91 Å². The van der Waals surface area contributed by atoms with Crippen LogP contribution in [0.4, 0.5) is 5.69 Å². The van der Waals surface area contributed by atoms with Crippen LogP contribution in [-0.4, -0.2) is 19.0 Å². The molecule has 1 saturated heterocycles. The first kappa shape index (κ1) is 17.5. The van der Waals surface area contributed by atoms with Gasteiger partial charge in [-0.25, -0.2) is 0 Å². The van der Waals surface area contributed by atoms with Crippen molar-refractivity contribution in [1.29, 1.82) is 0 Å². The minimum Gasteiger partial charge on any atom is -0.326 e. The van der Waals surface area contributed by atoms with Crippen molar-refractivity contribution in [3.63, 3.8) is 0 Å². The highest BCUT2D eigenvalue weighted by Gasteiger charge is 2.17. The molecule has 1 heterocycles. The molecule has 20 heavy (non-hydrogen) atoms. The van der Waals surface area contributed by atoms with Crippen molar-refractivity contribution in [2.24, 2.45) is 5.92 Å². The maximum atomic E-state index is 12.0. The molecule has 2 N–H and O–H groups in total. The van der Waals surface area contributed by atoms with Gasteiger partial charge >= 0.3 is 0 Å². The molecule has 0 spiro atoms. The van der Waals surface area contributed by atoms with E-state index in [9.17, 15) is 4.79 Å². The number of carbonyl (C=O) groups is 1. The number of piperidine rings is 1. The number of hydrogen-bond acceptors (Lipinski definition) is 2. The van der Waals surface area contributed by atoms with E-state index < -0.39 is 0 Å². The normalized spacial score (nSPS) is 15.6. The van der Waals surface area contributed by atoms with Crippen molar-refractivity contribution in [2.75, 3.05) is 18.4 Å². The van der Waals surface area contributed by atoms with Crippen LogP contribution in [0.25, 0.3) is 0 Å². The number of hydrogen-bond donors (Lipinski definition) is 2. The predicted octanol–water partition coefficient (Wildman–Crippen LogP) is 3.82. The Morgan fingerprint density at radius 1 is 1.30 bits per heavy atom. The summed E-state index contributed by atoms with van der Waals surface area (Å²) in [6.07, 6.45) is 2.84. The number of carbonyl (C=O) groups excluding carboxylic acids is 1. The molecule has 1 fully saturated rings. The van der Waals surface area contributed by atoms with Crippen molar-refractivity contribution < 1.29 is 4.79 Å².